The maximum absolute atomic E-state index is 13.5. The minimum absolute atomic E-state index is 0.165. The van der Waals surface area contributed by atoms with Crippen molar-refractivity contribution in [3.05, 3.63) is 58.0 Å². The molecule has 0 bridgehead atoms. The molecular weight excluding hydrogens is 289 g/mol. The van der Waals surface area contributed by atoms with E-state index in [4.69, 9.17) is 0 Å². The van der Waals surface area contributed by atoms with Gasteiger partial charge in [-0.25, -0.2) is 9.37 Å². The number of nitrogens with zero attached hydrogens (tertiary/aromatic N) is 1. The molecule has 1 heterocycles. The van der Waals surface area contributed by atoms with Gasteiger partial charge in [-0.2, -0.15) is 0 Å². The Kier molecular flexibility index (Phi) is 4.36. The van der Waals surface area contributed by atoms with Crippen LogP contribution in [0.25, 0.3) is 0 Å². The van der Waals surface area contributed by atoms with Crippen LogP contribution < -0.4 is 10.9 Å². The minimum atomic E-state index is -0.253. The van der Waals surface area contributed by atoms with E-state index >= 15 is 0 Å². The molecule has 6 heteroatoms. The molecule has 0 radical (unpaired) electrons. The smallest absolute Gasteiger partial charge is 0.251 e. The third-order valence-corrected chi connectivity index (χ3v) is 4.25. The fourth-order valence-corrected chi connectivity index (χ4v) is 2.78. The van der Waals surface area contributed by atoms with Crippen LogP contribution in [0.4, 0.5) is 4.39 Å². The lowest BCUT2D eigenvalue weighted by Gasteiger charge is -2.06. The van der Waals surface area contributed by atoms with E-state index in [0.29, 0.717) is 29.1 Å². The second-order valence-corrected chi connectivity index (χ2v) is 6.07. The molecular formula is C15H16FN3OS. The summed E-state index contributed by atoms with van der Waals surface area (Å²) >= 11 is 1.33. The molecule has 1 aliphatic carbocycles. The first-order valence-corrected chi connectivity index (χ1v) is 7.89. The molecule has 1 fully saturated rings. The van der Waals surface area contributed by atoms with Crippen LogP contribution in [0, 0.1) is 5.82 Å². The highest BCUT2D eigenvalue weighted by atomic mass is 32.2. The summed E-state index contributed by atoms with van der Waals surface area (Å²) in [6.45, 7) is 0.603. The SMILES string of the molecule is O=c1cc(CNC2CC2)nc(CSc2ccccc2F)[nH]1. The number of halogens is 1. The molecule has 1 saturated carbocycles. The summed E-state index contributed by atoms with van der Waals surface area (Å²) in [5.41, 5.74) is 0.566. The average molecular weight is 305 g/mol. The molecule has 0 atom stereocenters. The van der Waals surface area contributed by atoms with Crippen molar-refractivity contribution in [1.82, 2.24) is 15.3 Å². The van der Waals surface area contributed by atoms with Gasteiger partial charge >= 0.3 is 0 Å². The van der Waals surface area contributed by atoms with Gasteiger partial charge in [0, 0.05) is 23.5 Å². The molecule has 3 rings (SSSR count). The number of aromatic amines is 1. The zero-order valence-corrected chi connectivity index (χ0v) is 12.3. The molecule has 0 aliphatic heterocycles. The summed E-state index contributed by atoms with van der Waals surface area (Å²) in [6.07, 6.45) is 2.39. The van der Waals surface area contributed by atoms with Crippen molar-refractivity contribution in [3.8, 4) is 0 Å². The first-order valence-electron chi connectivity index (χ1n) is 6.90. The second-order valence-electron chi connectivity index (χ2n) is 5.06. The number of benzene rings is 1. The summed E-state index contributed by atoms with van der Waals surface area (Å²) in [5.74, 6) is 0.757. The summed E-state index contributed by atoms with van der Waals surface area (Å²) in [4.78, 5) is 19.3. The van der Waals surface area contributed by atoms with Crippen molar-refractivity contribution in [3.63, 3.8) is 0 Å². The van der Waals surface area contributed by atoms with Crippen molar-refractivity contribution >= 4 is 11.8 Å². The molecule has 1 aromatic carbocycles. The molecule has 4 nitrogen and oxygen atoms in total. The Morgan fingerprint density at radius 3 is 2.95 bits per heavy atom. The average Bonchev–Trinajstić information content (AvgIpc) is 3.28. The van der Waals surface area contributed by atoms with Crippen LogP contribution >= 0.6 is 11.8 Å². The predicted molar refractivity (Wildman–Crippen MR) is 80.7 cm³/mol. The topological polar surface area (TPSA) is 57.8 Å². The first-order chi connectivity index (χ1) is 10.2. The standard InChI is InChI=1S/C15H16FN3OS/c16-12-3-1-2-4-13(12)21-9-14-18-11(7-15(20)19-14)8-17-10-5-6-10/h1-4,7,10,17H,5-6,8-9H2,(H,18,19,20). The van der Waals surface area contributed by atoms with Crippen LogP contribution in [-0.4, -0.2) is 16.0 Å². The van der Waals surface area contributed by atoms with Gasteiger partial charge in [0.05, 0.1) is 11.4 Å². The number of rotatable bonds is 6. The Morgan fingerprint density at radius 2 is 2.19 bits per heavy atom. The number of hydrogen-bond acceptors (Lipinski definition) is 4. The van der Waals surface area contributed by atoms with Gasteiger partial charge in [0.15, 0.2) is 0 Å². The van der Waals surface area contributed by atoms with Crippen LogP contribution in [0.2, 0.25) is 0 Å². The van der Waals surface area contributed by atoms with E-state index in [9.17, 15) is 9.18 Å². The predicted octanol–water partition coefficient (Wildman–Crippen LogP) is 2.45. The number of thioether (sulfide) groups is 1. The number of hydrogen-bond donors (Lipinski definition) is 2. The van der Waals surface area contributed by atoms with E-state index in [1.54, 1.807) is 18.2 Å². The Bertz CT molecular complexity index is 685. The number of aromatic nitrogens is 2. The van der Waals surface area contributed by atoms with E-state index in [-0.39, 0.29) is 11.4 Å². The van der Waals surface area contributed by atoms with Gasteiger partial charge in [-0.15, -0.1) is 11.8 Å². The van der Waals surface area contributed by atoms with Crippen molar-refractivity contribution in [2.45, 2.75) is 36.1 Å². The lowest BCUT2D eigenvalue weighted by molar-refractivity contribution is 0.602. The molecule has 0 spiro atoms. The van der Waals surface area contributed by atoms with Crippen molar-refractivity contribution in [2.24, 2.45) is 0 Å². The molecule has 110 valence electrons. The molecule has 1 aliphatic rings. The van der Waals surface area contributed by atoms with Gasteiger partial charge in [0.25, 0.3) is 5.56 Å². The molecule has 2 N–H and O–H groups in total. The summed E-state index contributed by atoms with van der Waals surface area (Å²) < 4.78 is 13.5. The highest BCUT2D eigenvalue weighted by Crippen LogP contribution is 2.23. The first kappa shape index (κ1) is 14.3. The Labute approximate surface area is 126 Å². The monoisotopic (exact) mass is 305 g/mol. The van der Waals surface area contributed by atoms with Crippen LogP contribution in [0.3, 0.4) is 0 Å². The zero-order chi connectivity index (χ0) is 14.7. The lowest BCUT2D eigenvalue weighted by Crippen LogP contribution is -2.20. The Hall–Kier alpha value is -1.66. The van der Waals surface area contributed by atoms with Gasteiger partial charge in [-0.3, -0.25) is 4.79 Å². The molecule has 0 amide bonds. The van der Waals surface area contributed by atoms with E-state index < -0.39 is 0 Å². The fourth-order valence-electron chi connectivity index (χ4n) is 1.97. The van der Waals surface area contributed by atoms with Crippen molar-refractivity contribution in [2.75, 3.05) is 0 Å². The van der Waals surface area contributed by atoms with E-state index in [1.807, 2.05) is 0 Å². The summed E-state index contributed by atoms with van der Waals surface area (Å²) in [7, 11) is 0. The van der Waals surface area contributed by atoms with Gasteiger partial charge in [-0.05, 0) is 25.0 Å². The van der Waals surface area contributed by atoms with Crippen LogP contribution in [0.5, 0.6) is 0 Å². The normalized spacial score (nSPS) is 14.3. The highest BCUT2D eigenvalue weighted by Gasteiger charge is 2.20. The maximum atomic E-state index is 13.5. The zero-order valence-electron chi connectivity index (χ0n) is 11.4. The molecule has 21 heavy (non-hydrogen) atoms. The number of H-pyrrole nitrogens is 1. The quantitative estimate of drug-likeness (QED) is 0.805. The van der Waals surface area contributed by atoms with E-state index in [2.05, 4.69) is 15.3 Å². The molecule has 0 saturated heterocycles. The largest absolute Gasteiger partial charge is 0.310 e. The Morgan fingerprint density at radius 1 is 1.38 bits per heavy atom. The van der Waals surface area contributed by atoms with Gasteiger partial charge in [-0.1, -0.05) is 12.1 Å². The van der Waals surface area contributed by atoms with Crippen molar-refractivity contribution < 1.29 is 4.39 Å². The van der Waals surface area contributed by atoms with E-state index in [1.165, 1.54) is 36.7 Å². The minimum Gasteiger partial charge on any atom is -0.310 e. The highest BCUT2D eigenvalue weighted by molar-refractivity contribution is 7.98. The number of nitrogens with one attached hydrogen (secondary N) is 2. The lowest BCUT2D eigenvalue weighted by atomic mass is 10.3. The van der Waals surface area contributed by atoms with Crippen LogP contribution in [0.1, 0.15) is 24.4 Å². The third-order valence-electron chi connectivity index (χ3n) is 3.19. The fraction of sp³-hybridized carbons (Fsp3) is 0.333. The van der Waals surface area contributed by atoms with Gasteiger partial charge in [0.1, 0.15) is 11.6 Å². The van der Waals surface area contributed by atoms with Gasteiger partial charge in [0.2, 0.25) is 0 Å². The molecule has 2 aromatic rings. The summed E-state index contributed by atoms with van der Waals surface area (Å²) in [6, 6.07) is 8.67. The van der Waals surface area contributed by atoms with Crippen molar-refractivity contribution in [1.29, 1.82) is 0 Å². The molecule has 1 aromatic heterocycles. The van der Waals surface area contributed by atoms with Gasteiger partial charge < -0.3 is 10.3 Å². The summed E-state index contributed by atoms with van der Waals surface area (Å²) in [5, 5.41) is 3.33. The van der Waals surface area contributed by atoms with E-state index in [0.717, 1.165) is 5.69 Å². The third kappa shape index (κ3) is 4.15. The second kappa shape index (κ2) is 6.41. The Balaban J connectivity index is 1.66. The van der Waals surface area contributed by atoms with Crippen LogP contribution in [0.15, 0.2) is 40.0 Å². The molecule has 0 unspecified atom stereocenters. The maximum Gasteiger partial charge on any atom is 0.251 e. The van der Waals surface area contributed by atoms with Crippen LogP contribution in [-0.2, 0) is 12.3 Å².